The molecule has 0 spiro atoms. The average molecular weight is 436 g/mol. The molecule has 0 unspecified atom stereocenters. The number of ether oxygens (including phenoxy) is 1. The van der Waals surface area contributed by atoms with E-state index in [1.807, 2.05) is 62.8 Å². The van der Waals surface area contributed by atoms with Gasteiger partial charge in [-0.05, 0) is 50.7 Å². The molecule has 1 aliphatic heterocycles. The lowest BCUT2D eigenvalue weighted by Crippen LogP contribution is -2.44. The zero-order valence-corrected chi connectivity index (χ0v) is 19.5. The van der Waals surface area contributed by atoms with Crippen LogP contribution in [0, 0.1) is 0 Å². The number of imidazole rings is 1. The smallest absolute Gasteiger partial charge is 0.332 e. The fourth-order valence-corrected chi connectivity index (χ4v) is 4.10. The molecule has 7 nitrogen and oxygen atoms in total. The minimum Gasteiger partial charge on any atom is -0.374 e. The third kappa shape index (κ3) is 4.64. The van der Waals surface area contributed by atoms with E-state index < -0.39 is 0 Å². The minimum atomic E-state index is -0.362. The van der Waals surface area contributed by atoms with Crippen LogP contribution in [-0.2, 0) is 23.3 Å². The number of aromatic nitrogens is 3. The zero-order valence-electron chi connectivity index (χ0n) is 19.5. The van der Waals surface area contributed by atoms with Crippen molar-refractivity contribution in [3.05, 3.63) is 76.7 Å². The highest BCUT2D eigenvalue weighted by molar-refractivity contribution is 5.51. The van der Waals surface area contributed by atoms with Crippen LogP contribution in [0.5, 0.6) is 0 Å². The fourth-order valence-electron chi connectivity index (χ4n) is 4.10. The second kappa shape index (κ2) is 9.30. The van der Waals surface area contributed by atoms with Crippen LogP contribution in [0.15, 0.2) is 59.8 Å². The molecular formula is C25H33N5O2. The van der Waals surface area contributed by atoms with Crippen LogP contribution < -0.4 is 10.6 Å². The van der Waals surface area contributed by atoms with Gasteiger partial charge in [0.25, 0.3) is 0 Å². The van der Waals surface area contributed by atoms with E-state index >= 15 is 0 Å². The summed E-state index contributed by atoms with van der Waals surface area (Å²) < 4.78 is 8.99. The van der Waals surface area contributed by atoms with Crippen LogP contribution in [-0.4, -0.2) is 59.4 Å². The van der Waals surface area contributed by atoms with Crippen molar-refractivity contribution >= 4 is 5.69 Å². The van der Waals surface area contributed by atoms with Gasteiger partial charge >= 0.3 is 5.69 Å². The molecule has 0 radical (unpaired) electrons. The second-order valence-corrected chi connectivity index (χ2v) is 8.91. The number of piperazine rings is 1. The molecule has 0 saturated carbocycles. The van der Waals surface area contributed by atoms with Crippen LogP contribution in [0.25, 0.3) is 5.69 Å². The average Bonchev–Trinajstić information content (AvgIpc) is 3.18. The van der Waals surface area contributed by atoms with Gasteiger partial charge in [-0.2, -0.15) is 0 Å². The standard InChI is InChI=1S/C25H33N5O2/c1-25(2,32-4)20-7-9-21(10-8-20)30-19-18-29(24(30)31)13-11-22-23(6-5-12-26-22)28-16-14-27(3)15-17-28/h5-10,12,18-19H,11,13-17H2,1-4H3. The number of hydrogen-bond donors (Lipinski definition) is 0. The molecule has 0 atom stereocenters. The summed E-state index contributed by atoms with van der Waals surface area (Å²) in [6.45, 7) is 8.76. The van der Waals surface area contributed by atoms with Crippen molar-refractivity contribution in [3.63, 3.8) is 0 Å². The van der Waals surface area contributed by atoms with E-state index in [2.05, 4.69) is 27.9 Å². The van der Waals surface area contributed by atoms with E-state index in [1.54, 1.807) is 16.2 Å². The Bertz CT molecular complexity index is 1090. The van der Waals surface area contributed by atoms with Crippen LogP contribution in [0.2, 0.25) is 0 Å². The maximum Gasteiger partial charge on any atom is 0.332 e. The topological polar surface area (TPSA) is 55.5 Å². The molecule has 0 N–H and O–H groups in total. The van der Waals surface area contributed by atoms with Crippen LogP contribution in [0.3, 0.4) is 0 Å². The third-order valence-corrected chi connectivity index (χ3v) is 6.50. The number of rotatable bonds is 7. The SMILES string of the molecule is COC(C)(C)c1ccc(-n2ccn(CCc3ncccc3N3CCN(C)CC3)c2=O)cc1. The first-order chi connectivity index (χ1) is 15.4. The number of anilines is 1. The number of hydrogen-bond acceptors (Lipinski definition) is 5. The highest BCUT2D eigenvalue weighted by Gasteiger charge is 2.20. The molecular weight excluding hydrogens is 402 g/mol. The van der Waals surface area contributed by atoms with Crippen molar-refractivity contribution < 1.29 is 4.74 Å². The lowest BCUT2D eigenvalue weighted by atomic mass is 9.98. The van der Waals surface area contributed by atoms with Crippen molar-refractivity contribution in [2.45, 2.75) is 32.4 Å². The van der Waals surface area contributed by atoms with E-state index in [4.69, 9.17) is 4.74 Å². The Labute approximate surface area is 189 Å². The molecule has 0 amide bonds. The normalized spacial score (nSPS) is 15.3. The summed E-state index contributed by atoms with van der Waals surface area (Å²) in [6.07, 6.45) is 6.24. The number of nitrogens with zero attached hydrogens (tertiary/aromatic N) is 5. The first kappa shape index (κ1) is 22.3. The van der Waals surface area contributed by atoms with E-state index in [-0.39, 0.29) is 11.3 Å². The summed E-state index contributed by atoms with van der Waals surface area (Å²) in [6, 6.07) is 12.1. The number of aryl methyl sites for hydroxylation is 2. The van der Waals surface area contributed by atoms with Crippen molar-refractivity contribution in [1.82, 2.24) is 19.0 Å². The van der Waals surface area contributed by atoms with Crippen molar-refractivity contribution in [1.29, 1.82) is 0 Å². The maximum absolute atomic E-state index is 13.0. The molecule has 2 aromatic heterocycles. The minimum absolute atomic E-state index is 0.0409. The highest BCUT2D eigenvalue weighted by atomic mass is 16.5. The summed E-state index contributed by atoms with van der Waals surface area (Å²) in [4.78, 5) is 22.4. The monoisotopic (exact) mass is 435 g/mol. The molecule has 0 aliphatic carbocycles. The Morgan fingerprint density at radius 3 is 2.44 bits per heavy atom. The highest BCUT2D eigenvalue weighted by Crippen LogP contribution is 2.24. The Kier molecular flexibility index (Phi) is 6.48. The molecule has 1 saturated heterocycles. The van der Waals surface area contributed by atoms with Gasteiger partial charge in [0.15, 0.2) is 0 Å². The van der Waals surface area contributed by atoms with Crippen LogP contribution in [0.1, 0.15) is 25.1 Å². The summed E-state index contributed by atoms with van der Waals surface area (Å²) >= 11 is 0. The number of methoxy groups -OCH3 is 1. The second-order valence-electron chi connectivity index (χ2n) is 8.91. The largest absolute Gasteiger partial charge is 0.374 e. The lowest BCUT2D eigenvalue weighted by molar-refractivity contribution is 0.0192. The predicted molar refractivity (Wildman–Crippen MR) is 128 cm³/mol. The first-order valence-corrected chi connectivity index (χ1v) is 11.2. The van der Waals surface area contributed by atoms with Gasteiger partial charge in [-0.3, -0.25) is 14.1 Å². The van der Waals surface area contributed by atoms with Crippen molar-refractivity contribution in [3.8, 4) is 5.69 Å². The molecule has 1 aromatic carbocycles. The van der Waals surface area contributed by atoms with E-state index in [0.29, 0.717) is 13.0 Å². The third-order valence-electron chi connectivity index (χ3n) is 6.50. The Morgan fingerprint density at radius 2 is 1.75 bits per heavy atom. The van der Waals surface area contributed by atoms with Gasteiger partial charge in [-0.1, -0.05) is 12.1 Å². The zero-order chi connectivity index (χ0) is 22.7. The Hall–Kier alpha value is -2.90. The summed E-state index contributed by atoms with van der Waals surface area (Å²) in [5, 5.41) is 0. The lowest BCUT2D eigenvalue weighted by Gasteiger charge is -2.34. The molecule has 7 heteroatoms. The first-order valence-electron chi connectivity index (χ1n) is 11.2. The summed E-state index contributed by atoms with van der Waals surface area (Å²) in [5.41, 5.74) is 3.75. The molecule has 170 valence electrons. The summed E-state index contributed by atoms with van der Waals surface area (Å²) in [5.74, 6) is 0. The van der Waals surface area contributed by atoms with Gasteiger partial charge in [-0.15, -0.1) is 0 Å². The van der Waals surface area contributed by atoms with E-state index in [9.17, 15) is 4.79 Å². The van der Waals surface area contributed by atoms with Gasteiger partial charge in [0, 0.05) is 64.8 Å². The van der Waals surface area contributed by atoms with Gasteiger partial charge in [0.2, 0.25) is 0 Å². The number of likely N-dealkylation sites (N-methyl/N-ethyl adjacent to an activating group) is 1. The summed E-state index contributed by atoms with van der Waals surface area (Å²) in [7, 11) is 3.86. The Balaban J connectivity index is 1.48. The molecule has 1 fully saturated rings. The molecule has 1 aliphatic rings. The molecule has 0 bridgehead atoms. The van der Waals surface area contributed by atoms with Crippen molar-refractivity contribution in [2.24, 2.45) is 0 Å². The predicted octanol–water partition coefficient (Wildman–Crippen LogP) is 2.91. The quantitative estimate of drug-likeness (QED) is 0.571. The molecule has 3 aromatic rings. The van der Waals surface area contributed by atoms with Gasteiger partial charge in [0.1, 0.15) is 0 Å². The van der Waals surface area contributed by atoms with Crippen molar-refractivity contribution in [2.75, 3.05) is 45.2 Å². The number of pyridine rings is 1. The van der Waals surface area contributed by atoms with E-state index in [1.165, 1.54) is 5.69 Å². The van der Waals surface area contributed by atoms with Crippen LogP contribution >= 0.6 is 0 Å². The van der Waals surface area contributed by atoms with Gasteiger partial charge < -0.3 is 14.5 Å². The van der Waals surface area contributed by atoms with Crippen LogP contribution in [0.4, 0.5) is 5.69 Å². The Morgan fingerprint density at radius 1 is 1.03 bits per heavy atom. The van der Waals surface area contributed by atoms with Gasteiger partial charge in [-0.25, -0.2) is 4.79 Å². The van der Waals surface area contributed by atoms with Gasteiger partial charge in [0.05, 0.1) is 22.7 Å². The molecule has 4 rings (SSSR count). The molecule has 3 heterocycles. The maximum atomic E-state index is 13.0. The van der Waals surface area contributed by atoms with E-state index in [0.717, 1.165) is 43.1 Å². The number of benzene rings is 1. The fraction of sp³-hybridized carbons (Fsp3) is 0.440. The molecule has 32 heavy (non-hydrogen) atoms.